The topological polar surface area (TPSA) is 102 Å². The van der Waals surface area contributed by atoms with E-state index in [1.165, 1.54) is 6.92 Å². The fourth-order valence-electron chi connectivity index (χ4n) is 3.98. The van der Waals surface area contributed by atoms with E-state index in [1.54, 1.807) is 18.2 Å². The number of para-hydroxylation sites is 1. The molecule has 178 valence electrons. The Hall–Kier alpha value is -3.06. The molecule has 33 heavy (non-hydrogen) atoms. The van der Waals surface area contributed by atoms with E-state index in [4.69, 9.17) is 14.2 Å². The number of ether oxygens (including phenoxy) is 3. The van der Waals surface area contributed by atoms with E-state index in [0.29, 0.717) is 48.5 Å². The molecule has 3 rings (SSSR count). The van der Waals surface area contributed by atoms with Gasteiger partial charge in [-0.2, -0.15) is 0 Å². The quantitative estimate of drug-likeness (QED) is 0.345. The third-order valence-electron chi connectivity index (χ3n) is 5.80. The number of carboxylic acids is 1. The first-order valence-electron chi connectivity index (χ1n) is 11.5. The van der Waals surface area contributed by atoms with Crippen molar-refractivity contribution in [3.8, 4) is 17.2 Å². The van der Waals surface area contributed by atoms with Crippen molar-refractivity contribution in [3.63, 3.8) is 0 Å². The number of ketones is 1. The van der Waals surface area contributed by atoms with E-state index in [-0.39, 0.29) is 24.6 Å². The number of carbonyl (C=O) groups excluding carboxylic acids is 1. The van der Waals surface area contributed by atoms with Gasteiger partial charge in [-0.25, -0.2) is 4.79 Å². The van der Waals surface area contributed by atoms with E-state index in [1.807, 2.05) is 25.1 Å². The van der Waals surface area contributed by atoms with Crippen molar-refractivity contribution in [2.75, 3.05) is 13.2 Å². The highest BCUT2D eigenvalue weighted by molar-refractivity contribution is 5.97. The maximum absolute atomic E-state index is 11.9. The van der Waals surface area contributed by atoms with Gasteiger partial charge in [0.2, 0.25) is 0 Å². The van der Waals surface area contributed by atoms with Crippen molar-refractivity contribution in [3.05, 3.63) is 53.1 Å². The Morgan fingerprint density at radius 3 is 2.58 bits per heavy atom. The van der Waals surface area contributed by atoms with Crippen LogP contribution in [0.3, 0.4) is 0 Å². The van der Waals surface area contributed by atoms with Gasteiger partial charge in [0.25, 0.3) is 0 Å². The molecule has 0 aromatic heterocycles. The summed E-state index contributed by atoms with van der Waals surface area (Å²) in [5.41, 5.74) is 1.95. The lowest BCUT2D eigenvalue weighted by atomic mass is 9.99. The van der Waals surface area contributed by atoms with Crippen molar-refractivity contribution in [1.82, 2.24) is 0 Å². The Kier molecular flexibility index (Phi) is 8.33. The van der Waals surface area contributed by atoms with Gasteiger partial charge in [-0.3, -0.25) is 4.79 Å². The van der Waals surface area contributed by atoms with Gasteiger partial charge in [0.05, 0.1) is 18.8 Å². The van der Waals surface area contributed by atoms with Crippen LogP contribution in [0.1, 0.15) is 67.4 Å². The van der Waals surface area contributed by atoms with Crippen molar-refractivity contribution < 1.29 is 34.0 Å². The highest BCUT2D eigenvalue weighted by atomic mass is 16.7. The summed E-state index contributed by atoms with van der Waals surface area (Å²) in [6, 6.07) is 10.7. The zero-order valence-corrected chi connectivity index (χ0v) is 19.3. The Balaban J connectivity index is 1.46. The Morgan fingerprint density at radius 2 is 1.85 bits per heavy atom. The van der Waals surface area contributed by atoms with Crippen LogP contribution in [0.25, 0.3) is 0 Å². The smallest absolute Gasteiger partial charge is 0.377 e. The number of phenols is 1. The first kappa shape index (κ1) is 24.6. The predicted molar refractivity (Wildman–Crippen MR) is 123 cm³/mol. The fraction of sp³-hybridized carbons (Fsp3) is 0.462. The van der Waals surface area contributed by atoms with Crippen LogP contribution in [0.4, 0.5) is 0 Å². The van der Waals surface area contributed by atoms with Crippen molar-refractivity contribution >= 4 is 11.8 Å². The summed E-state index contributed by atoms with van der Waals surface area (Å²) in [5.74, 6) is -1.78. The minimum Gasteiger partial charge on any atom is -0.507 e. The van der Waals surface area contributed by atoms with Gasteiger partial charge in [-0.05, 0) is 62.8 Å². The minimum atomic E-state index is -1.64. The molecule has 7 heteroatoms. The van der Waals surface area contributed by atoms with Gasteiger partial charge < -0.3 is 24.4 Å². The second-order valence-corrected chi connectivity index (χ2v) is 8.27. The molecule has 1 aliphatic heterocycles. The molecule has 7 nitrogen and oxygen atoms in total. The van der Waals surface area contributed by atoms with Gasteiger partial charge in [-0.15, -0.1) is 0 Å². The van der Waals surface area contributed by atoms with Gasteiger partial charge in [0, 0.05) is 12.0 Å². The number of unbranched alkanes of at least 4 members (excludes halogenated alkanes) is 2. The summed E-state index contributed by atoms with van der Waals surface area (Å²) in [6.07, 6.45) is 4.49. The highest BCUT2D eigenvalue weighted by Gasteiger charge is 2.45. The minimum absolute atomic E-state index is 0.00303. The number of carbonyl (C=O) groups is 2. The second-order valence-electron chi connectivity index (χ2n) is 8.27. The maximum atomic E-state index is 11.9. The summed E-state index contributed by atoms with van der Waals surface area (Å²) < 4.78 is 17.3. The van der Waals surface area contributed by atoms with Crippen LogP contribution in [-0.2, 0) is 22.4 Å². The fourth-order valence-corrected chi connectivity index (χ4v) is 3.98. The molecular weight excluding hydrogens is 424 g/mol. The lowest BCUT2D eigenvalue weighted by molar-refractivity contribution is -0.218. The van der Waals surface area contributed by atoms with Crippen LogP contribution < -0.4 is 9.47 Å². The average molecular weight is 457 g/mol. The number of rotatable bonds is 12. The van der Waals surface area contributed by atoms with Crippen LogP contribution in [0.15, 0.2) is 36.4 Å². The number of aryl methyl sites for hydroxylation is 1. The molecule has 2 N–H and O–H groups in total. The van der Waals surface area contributed by atoms with Gasteiger partial charge in [-0.1, -0.05) is 31.5 Å². The Labute approximate surface area is 194 Å². The van der Waals surface area contributed by atoms with E-state index in [9.17, 15) is 19.8 Å². The SMILES string of the molecule is CCCc1c(OCCCCCOC2(C(=O)O)CCc3ccccc3O2)ccc(C(C)=O)c1O. The molecule has 0 radical (unpaired) electrons. The third kappa shape index (κ3) is 5.85. The number of phenolic OH excluding ortho intramolecular Hbond substituents is 1. The largest absolute Gasteiger partial charge is 0.507 e. The van der Waals surface area contributed by atoms with E-state index < -0.39 is 11.8 Å². The van der Waals surface area contributed by atoms with Crippen molar-refractivity contribution in [2.24, 2.45) is 0 Å². The molecule has 0 saturated carbocycles. The molecule has 0 aliphatic carbocycles. The van der Waals surface area contributed by atoms with Crippen LogP contribution in [0.2, 0.25) is 0 Å². The summed E-state index contributed by atoms with van der Waals surface area (Å²) >= 11 is 0. The van der Waals surface area contributed by atoms with Crippen molar-refractivity contribution in [1.29, 1.82) is 0 Å². The van der Waals surface area contributed by atoms with E-state index >= 15 is 0 Å². The number of benzene rings is 2. The van der Waals surface area contributed by atoms with E-state index in [2.05, 4.69) is 0 Å². The average Bonchev–Trinajstić information content (AvgIpc) is 2.80. The Bertz CT molecular complexity index is 985. The van der Waals surface area contributed by atoms with Crippen LogP contribution in [-0.4, -0.2) is 41.0 Å². The first-order valence-corrected chi connectivity index (χ1v) is 11.5. The van der Waals surface area contributed by atoms with Crippen LogP contribution >= 0.6 is 0 Å². The molecule has 2 aromatic rings. The molecule has 1 atom stereocenters. The third-order valence-corrected chi connectivity index (χ3v) is 5.80. The monoisotopic (exact) mass is 456 g/mol. The molecule has 1 unspecified atom stereocenters. The lowest BCUT2D eigenvalue weighted by Gasteiger charge is -2.34. The summed E-state index contributed by atoms with van der Waals surface area (Å²) in [6.45, 7) is 4.15. The van der Waals surface area contributed by atoms with Crippen LogP contribution in [0.5, 0.6) is 17.2 Å². The summed E-state index contributed by atoms with van der Waals surface area (Å²) in [5, 5.41) is 20.1. The molecule has 0 amide bonds. The zero-order chi connectivity index (χ0) is 23.8. The number of fused-ring (bicyclic) bond motifs is 1. The summed E-state index contributed by atoms with van der Waals surface area (Å²) in [4.78, 5) is 23.6. The molecule has 0 spiro atoms. The second kappa shape index (κ2) is 11.2. The molecular formula is C26H32O7. The molecule has 0 saturated heterocycles. The van der Waals surface area contributed by atoms with Gasteiger partial charge >= 0.3 is 11.8 Å². The number of hydrogen-bond acceptors (Lipinski definition) is 6. The van der Waals surface area contributed by atoms with Crippen LogP contribution in [0, 0.1) is 0 Å². The van der Waals surface area contributed by atoms with Gasteiger partial charge in [0.1, 0.15) is 17.2 Å². The number of Topliss-reactive ketones (excluding diaryl/α,β-unsaturated/α-hetero) is 1. The normalized spacial score (nSPS) is 17.2. The molecule has 1 heterocycles. The van der Waals surface area contributed by atoms with Gasteiger partial charge in [0.15, 0.2) is 5.78 Å². The molecule has 0 fully saturated rings. The number of aromatic hydroxyl groups is 1. The standard InChI is InChI=1S/C26H32O7/c1-3-9-21-23(13-12-20(18(2)27)24(21)28)31-16-7-4-8-17-32-26(25(29)30)15-14-19-10-5-6-11-22(19)33-26/h5-6,10-13,28H,3-4,7-9,14-17H2,1-2H3,(H,29,30). The number of hydrogen-bond donors (Lipinski definition) is 2. The molecule has 0 bridgehead atoms. The first-order chi connectivity index (χ1) is 15.9. The predicted octanol–water partition coefficient (Wildman–Crippen LogP) is 4.92. The zero-order valence-electron chi connectivity index (χ0n) is 19.3. The highest BCUT2D eigenvalue weighted by Crippen LogP contribution is 2.35. The lowest BCUT2D eigenvalue weighted by Crippen LogP contribution is -2.49. The number of aliphatic carboxylic acids is 1. The summed E-state index contributed by atoms with van der Waals surface area (Å²) in [7, 11) is 0. The number of carboxylic acid groups (broad SMARTS) is 1. The van der Waals surface area contributed by atoms with Crippen molar-refractivity contribution in [2.45, 2.75) is 64.6 Å². The van der Waals surface area contributed by atoms with E-state index in [0.717, 1.165) is 24.8 Å². The molecule has 1 aliphatic rings. The maximum Gasteiger partial charge on any atom is 0.377 e. The Morgan fingerprint density at radius 1 is 1.09 bits per heavy atom. The molecule has 2 aromatic carbocycles.